The van der Waals surface area contributed by atoms with Gasteiger partial charge >= 0.3 is 0 Å². The first-order chi connectivity index (χ1) is 9.74. The van der Waals surface area contributed by atoms with Gasteiger partial charge in [-0.3, -0.25) is 4.40 Å². The fraction of sp³-hybridized carbons (Fsp3) is 0.0625. The van der Waals surface area contributed by atoms with E-state index in [4.69, 9.17) is 0 Å². The summed E-state index contributed by atoms with van der Waals surface area (Å²) in [7, 11) is 1.97. The Bertz CT molecular complexity index is 916. The van der Waals surface area contributed by atoms with Crippen LogP contribution in [-0.2, 0) is 7.05 Å². The summed E-state index contributed by atoms with van der Waals surface area (Å²) < 4.78 is 17.1. The second-order valence-electron chi connectivity index (χ2n) is 4.85. The van der Waals surface area contributed by atoms with E-state index >= 15 is 0 Å². The third-order valence-corrected chi connectivity index (χ3v) is 3.63. The number of fused-ring (bicyclic) bond motifs is 3. The van der Waals surface area contributed by atoms with Gasteiger partial charge in [-0.2, -0.15) is 0 Å². The summed E-state index contributed by atoms with van der Waals surface area (Å²) >= 11 is 0. The molecule has 4 heteroatoms. The van der Waals surface area contributed by atoms with Crippen molar-refractivity contribution in [3.8, 4) is 11.3 Å². The Kier molecular flexibility index (Phi) is 2.21. The maximum Gasteiger partial charge on any atom is 0.215 e. The highest BCUT2D eigenvalue weighted by molar-refractivity contribution is 5.81. The van der Waals surface area contributed by atoms with Gasteiger partial charge in [-0.25, -0.2) is 9.37 Å². The Balaban J connectivity index is 2.01. The van der Waals surface area contributed by atoms with Crippen LogP contribution in [-0.4, -0.2) is 14.0 Å². The van der Waals surface area contributed by atoms with E-state index in [-0.39, 0.29) is 5.82 Å². The smallest absolute Gasteiger partial charge is 0.215 e. The highest BCUT2D eigenvalue weighted by Crippen LogP contribution is 2.25. The zero-order valence-corrected chi connectivity index (χ0v) is 10.9. The number of hydrogen-bond donors (Lipinski definition) is 0. The quantitative estimate of drug-likeness (QED) is 0.515. The van der Waals surface area contributed by atoms with Gasteiger partial charge in [0.1, 0.15) is 5.82 Å². The summed E-state index contributed by atoms with van der Waals surface area (Å²) in [6, 6.07) is 14.5. The highest BCUT2D eigenvalue weighted by Gasteiger charge is 2.12. The Labute approximate surface area is 114 Å². The zero-order chi connectivity index (χ0) is 13.7. The van der Waals surface area contributed by atoms with Crippen molar-refractivity contribution in [2.45, 2.75) is 0 Å². The van der Waals surface area contributed by atoms with Crippen molar-refractivity contribution in [2.75, 3.05) is 0 Å². The third kappa shape index (κ3) is 1.48. The minimum atomic E-state index is -0.224. The molecule has 2 aromatic heterocycles. The average Bonchev–Trinajstić information content (AvgIpc) is 2.98. The Hall–Kier alpha value is -2.62. The molecule has 3 nitrogen and oxygen atoms in total. The lowest BCUT2D eigenvalue weighted by molar-refractivity contribution is 0.628. The third-order valence-electron chi connectivity index (χ3n) is 3.63. The number of aryl methyl sites for hydroxylation is 1. The largest absolute Gasteiger partial charge is 0.313 e. The molecule has 0 fully saturated rings. The van der Waals surface area contributed by atoms with Crippen LogP contribution in [0.25, 0.3) is 28.1 Å². The number of imidazole rings is 2. The minimum absolute atomic E-state index is 0.224. The van der Waals surface area contributed by atoms with Gasteiger partial charge in [0.05, 0.1) is 16.7 Å². The molecule has 0 unspecified atom stereocenters. The molecule has 98 valence electrons. The van der Waals surface area contributed by atoms with Crippen molar-refractivity contribution in [1.29, 1.82) is 0 Å². The molecule has 0 amide bonds. The molecule has 0 aliphatic heterocycles. The molecular weight excluding hydrogens is 253 g/mol. The molecule has 20 heavy (non-hydrogen) atoms. The molecule has 0 bridgehead atoms. The number of benzene rings is 2. The summed E-state index contributed by atoms with van der Waals surface area (Å²) in [4.78, 5) is 4.63. The van der Waals surface area contributed by atoms with Crippen LogP contribution in [0.15, 0.2) is 54.7 Å². The maximum absolute atomic E-state index is 13.0. The van der Waals surface area contributed by atoms with Crippen molar-refractivity contribution in [3.63, 3.8) is 0 Å². The van der Waals surface area contributed by atoms with E-state index in [9.17, 15) is 4.39 Å². The Morgan fingerprint density at radius 1 is 1.00 bits per heavy atom. The van der Waals surface area contributed by atoms with E-state index in [0.717, 1.165) is 28.1 Å². The standard InChI is InChI=1S/C16H12FN3/c1-19-15(11-6-8-12(17)9-7-11)10-20-14-5-3-2-4-13(14)18-16(19)20/h2-10H,1H3. The molecule has 0 spiro atoms. The number of para-hydroxylation sites is 2. The minimum Gasteiger partial charge on any atom is -0.313 e. The van der Waals surface area contributed by atoms with E-state index in [2.05, 4.69) is 9.38 Å². The molecule has 4 rings (SSSR count). The number of nitrogens with zero attached hydrogens (tertiary/aromatic N) is 3. The van der Waals surface area contributed by atoms with Gasteiger partial charge in [-0.1, -0.05) is 12.1 Å². The van der Waals surface area contributed by atoms with Crippen molar-refractivity contribution >= 4 is 16.8 Å². The molecular formula is C16H12FN3. The highest BCUT2D eigenvalue weighted by atomic mass is 19.1. The Morgan fingerprint density at radius 2 is 1.75 bits per heavy atom. The second-order valence-corrected chi connectivity index (χ2v) is 4.85. The summed E-state index contributed by atoms with van der Waals surface area (Å²) in [6.07, 6.45) is 2.04. The molecule has 0 N–H and O–H groups in total. The van der Waals surface area contributed by atoms with E-state index < -0.39 is 0 Å². The van der Waals surface area contributed by atoms with E-state index in [0.29, 0.717) is 0 Å². The normalized spacial score (nSPS) is 11.5. The number of halogens is 1. The van der Waals surface area contributed by atoms with Crippen LogP contribution >= 0.6 is 0 Å². The first-order valence-electron chi connectivity index (χ1n) is 6.42. The van der Waals surface area contributed by atoms with Crippen molar-refractivity contribution in [3.05, 3.63) is 60.5 Å². The number of aromatic nitrogens is 3. The molecule has 2 heterocycles. The molecule has 2 aromatic carbocycles. The van der Waals surface area contributed by atoms with Crippen LogP contribution in [0.3, 0.4) is 0 Å². The monoisotopic (exact) mass is 265 g/mol. The summed E-state index contributed by atoms with van der Waals surface area (Å²) in [6.45, 7) is 0. The van der Waals surface area contributed by atoms with Gasteiger partial charge < -0.3 is 4.57 Å². The predicted octanol–water partition coefficient (Wildman–Crippen LogP) is 3.63. The predicted molar refractivity (Wildman–Crippen MR) is 77.1 cm³/mol. The summed E-state index contributed by atoms with van der Waals surface area (Å²) in [5.41, 5.74) is 4.04. The molecule has 0 aliphatic carbocycles. The lowest BCUT2D eigenvalue weighted by atomic mass is 10.1. The number of rotatable bonds is 1. The summed E-state index contributed by atoms with van der Waals surface area (Å²) in [5.74, 6) is 0.656. The van der Waals surface area contributed by atoms with Crippen molar-refractivity contribution < 1.29 is 4.39 Å². The lowest BCUT2D eigenvalue weighted by Crippen LogP contribution is -1.92. The molecule has 4 aromatic rings. The fourth-order valence-electron chi connectivity index (χ4n) is 2.60. The fourth-order valence-corrected chi connectivity index (χ4v) is 2.60. The van der Waals surface area contributed by atoms with E-state index in [1.807, 2.05) is 42.1 Å². The zero-order valence-electron chi connectivity index (χ0n) is 10.9. The molecule has 0 saturated heterocycles. The van der Waals surface area contributed by atoms with Crippen molar-refractivity contribution in [1.82, 2.24) is 14.0 Å². The second kappa shape index (κ2) is 3.93. The van der Waals surface area contributed by atoms with Gasteiger partial charge in [-0.05, 0) is 42.0 Å². The van der Waals surface area contributed by atoms with Gasteiger partial charge in [0.15, 0.2) is 0 Å². The average molecular weight is 265 g/mol. The summed E-state index contributed by atoms with van der Waals surface area (Å²) in [5, 5.41) is 0. The van der Waals surface area contributed by atoms with Gasteiger partial charge in [0.2, 0.25) is 5.78 Å². The topological polar surface area (TPSA) is 22.2 Å². The van der Waals surface area contributed by atoms with Crippen LogP contribution in [0.5, 0.6) is 0 Å². The van der Waals surface area contributed by atoms with Crippen LogP contribution in [0.2, 0.25) is 0 Å². The van der Waals surface area contributed by atoms with Crippen LogP contribution in [0.1, 0.15) is 0 Å². The van der Waals surface area contributed by atoms with Crippen LogP contribution in [0, 0.1) is 5.82 Å². The van der Waals surface area contributed by atoms with Gasteiger partial charge in [-0.15, -0.1) is 0 Å². The molecule has 0 aliphatic rings. The van der Waals surface area contributed by atoms with Crippen LogP contribution in [0.4, 0.5) is 4.39 Å². The Morgan fingerprint density at radius 3 is 2.55 bits per heavy atom. The van der Waals surface area contributed by atoms with Crippen LogP contribution < -0.4 is 0 Å². The van der Waals surface area contributed by atoms with Gasteiger partial charge in [0, 0.05) is 13.2 Å². The SMILES string of the molecule is Cn1c(-c2ccc(F)cc2)cn2c3ccccc3nc12. The maximum atomic E-state index is 13.0. The molecule has 0 atom stereocenters. The first kappa shape index (κ1) is 11.2. The van der Waals surface area contributed by atoms with E-state index in [1.54, 1.807) is 12.1 Å². The van der Waals surface area contributed by atoms with Crippen molar-refractivity contribution in [2.24, 2.45) is 7.05 Å². The first-order valence-corrected chi connectivity index (χ1v) is 6.42. The lowest BCUT2D eigenvalue weighted by Gasteiger charge is -2.02. The van der Waals surface area contributed by atoms with Gasteiger partial charge in [0.25, 0.3) is 0 Å². The molecule has 0 radical (unpaired) electrons. The number of hydrogen-bond acceptors (Lipinski definition) is 1. The molecule has 0 saturated carbocycles. The van der Waals surface area contributed by atoms with E-state index in [1.165, 1.54) is 12.1 Å².